The first-order valence-electron chi connectivity index (χ1n) is 16.3. The van der Waals surface area contributed by atoms with Gasteiger partial charge < -0.3 is 14.2 Å². The van der Waals surface area contributed by atoms with Crippen LogP contribution in [-0.4, -0.2) is 31.4 Å². The van der Waals surface area contributed by atoms with Gasteiger partial charge in [0.15, 0.2) is 6.79 Å². The Morgan fingerprint density at radius 1 is 0.821 bits per heavy atom. The van der Waals surface area contributed by atoms with Crippen LogP contribution >= 0.6 is 0 Å². The van der Waals surface area contributed by atoms with Crippen LogP contribution in [0.2, 0.25) is 0 Å². The molecule has 0 aromatic heterocycles. The summed E-state index contributed by atoms with van der Waals surface area (Å²) in [7, 11) is 0. The zero-order valence-corrected chi connectivity index (χ0v) is 25.4. The summed E-state index contributed by atoms with van der Waals surface area (Å²) in [4.78, 5) is 26.5. The molecule has 220 valence electrons. The molecule has 0 aliphatic heterocycles. The maximum atomic E-state index is 13.5. The van der Waals surface area contributed by atoms with E-state index in [1.165, 1.54) is 38.5 Å². The Hall–Kier alpha value is -1.10. The molecule has 0 aromatic rings. The van der Waals surface area contributed by atoms with E-state index in [0.29, 0.717) is 17.3 Å². The minimum absolute atomic E-state index is 0.00891. The van der Waals surface area contributed by atoms with Crippen molar-refractivity contribution in [2.45, 2.75) is 131 Å². The lowest BCUT2D eigenvalue weighted by atomic mass is 9.50. The average molecular weight is 543 g/mol. The highest BCUT2D eigenvalue weighted by atomic mass is 16.7. The van der Waals surface area contributed by atoms with Crippen molar-refractivity contribution in [2.24, 2.45) is 57.2 Å². The topological polar surface area (TPSA) is 61.8 Å². The molecule has 7 saturated carbocycles. The maximum absolute atomic E-state index is 13.5. The first-order chi connectivity index (χ1) is 18.4. The Labute approximate surface area is 236 Å². The molecule has 0 N–H and O–H groups in total. The average Bonchev–Trinajstić information content (AvgIpc) is 3.39. The van der Waals surface area contributed by atoms with Crippen molar-refractivity contribution in [1.82, 2.24) is 0 Å². The molecule has 5 heteroatoms. The van der Waals surface area contributed by atoms with Gasteiger partial charge in [0.2, 0.25) is 0 Å². The number of carbonyl (C=O) groups is 2. The summed E-state index contributed by atoms with van der Waals surface area (Å²) in [6.45, 7) is 11.9. The molecule has 7 aliphatic carbocycles. The molecule has 0 saturated heterocycles. The number of hydrogen-bond donors (Lipinski definition) is 0. The number of carbonyl (C=O) groups excluding carboxylic acids is 2. The highest BCUT2D eigenvalue weighted by Gasteiger charge is 2.68. The Bertz CT molecular complexity index is 910. The van der Waals surface area contributed by atoms with E-state index in [2.05, 4.69) is 34.6 Å². The predicted molar refractivity (Wildman–Crippen MR) is 150 cm³/mol. The van der Waals surface area contributed by atoms with Gasteiger partial charge in [-0.2, -0.15) is 0 Å². The molecule has 0 amide bonds. The first kappa shape index (κ1) is 28.0. The molecule has 7 aliphatic rings. The smallest absolute Gasteiger partial charge is 0.312 e. The number of ether oxygens (including phenoxy) is 3. The van der Waals surface area contributed by atoms with E-state index in [1.54, 1.807) is 0 Å². The monoisotopic (exact) mass is 542 g/mol. The largest absolute Gasteiger partial charge is 0.462 e. The van der Waals surface area contributed by atoms with Crippen LogP contribution in [0.25, 0.3) is 0 Å². The lowest BCUT2D eigenvalue weighted by Crippen LogP contribution is -2.48. The van der Waals surface area contributed by atoms with Gasteiger partial charge in [0, 0.05) is 0 Å². The molecule has 7 rings (SSSR count). The quantitative estimate of drug-likeness (QED) is 0.179. The fourth-order valence-electron chi connectivity index (χ4n) is 10.7. The van der Waals surface area contributed by atoms with Crippen molar-refractivity contribution >= 4 is 11.9 Å². The molecule has 0 spiro atoms. The normalized spacial score (nSPS) is 44.0. The van der Waals surface area contributed by atoms with Gasteiger partial charge >= 0.3 is 11.9 Å². The SMILES string of the molecule is CC(C)(C)CC1(C(=O)OC2CCC3CCC(C(=O)OCOCC45CC6CC(CC(C6)C4)C5)CC3C2)CC1(C)C. The van der Waals surface area contributed by atoms with E-state index < -0.39 is 0 Å². The van der Waals surface area contributed by atoms with Gasteiger partial charge in [-0.25, -0.2) is 0 Å². The minimum atomic E-state index is -0.336. The fraction of sp³-hybridized carbons (Fsp3) is 0.941. The molecule has 5 unspecified atom stereocenters. The molecule has 0 radical (unpaired) electrons. The van der Waals surface area contributed by atoms with Crippen LogP contribution in [0.3, 0.4) is 0 Å². The van der Waals surface area contributed by atoms with Gasteiger partial charge in [0.25, 0.3) is 0 Å². The van der Waals surface area contributed by atoms with Crippen molar-refractivity contribution in [3.63, 3.8) is 0 Å². The van der Waals surface area contributed by atoms with Crippen molar-refractivity contribution in [3.05, 3.63) is 0 Å². The van der Waals surface area contributed by atoms with Gasteiger partial charge in [0.05, 0.1) is 17.9 Å². The van der Waals surface area contributed by atoms with Crippen LogP contribution in [0.1, 0.15) is 125 Å². The Balaban J connectivity index is 0.959. The van der Waals surface area contributed by atoms with Crippen LogP contribution in [0.5, 0.6) is 0 Å². The summed E-state index contributed by atoms with van der Waals surface area (Å²) in [6.07, 6.45) is 15.9. The lowest BCUT2D eigenvalue weighted by molar-refractivity contribution is -0.174. The van der Waals surface area contributed by atoms with Gasteiger partial charge in [-0.05, 0) is 136 Å². The Morgan fingerprint density at radius 2 is 1.44 bits per heavy atom. The van der Waals surface area contributed by atoms with Crippen molar-refractivity contribution in [3.8, 4) is 0 Å². The van der Waals surface area contributed by atoms with E-state index in [-0.39, 0.29) is 47.0 Å². The van der Waals surface area contributed by atoms with Crippen LogP contribution in [0, 0.1) is 57.2 Å². The third-order valence-electron chi connectivity index (χ3n) is 12.2. The number of rotatable bonds is 8. The summed E-state index contributed by atoms with van der Waals surface area (Å²) < 4.78 is 18.0. The summed E-state index contributed by atoms with van der Waals surface area (Å²) in [6, 6.07) is 0. The molecule has 7 fully saturated rings. The number of fused-ring (bicyclic) bond motifs is 1. The van der Waals surface area contributed by atoms with Gasteiger partial charge in [-0.1, -0.05) is 34.6 Å². The molecular formula is C34H54O5. The standard InChI is InChI=1S/C34H54O5/c1-31(2,3)18-34(19-32(34,4)5)30(36)39-28-9-8-25-6-7-26(13-27(25)14-28)29(35)38-21-37-20-33-15-22-10-23(16-33)12-24(11-22)17-33/h22-28H,6-21H2,1-5H3. The maximum Gasteiger partial charge on any atom is 0.312 e. The summed E-state index contributed by atoms with van der Waals surface area (Å²) in [5.41, 5.74) is 0.137. The van der Waals surface area contributed by atoms with E-state index in [4.69, 9.17) is 14.2 Å². The fourth-order valence-corrected chi connectivity index (χ4v) is 10.7. The van der Waals surface area contributed by atoms with Crippen LogP contribution < -0.4 is 0 Å². The van der Waals surface area contributed by atoms with Gasteiger partial charge in [-0.3, -0.25) is 9.59 Å². The Morgan fingerprint density at radius 3 is 2.03 bits per heavy atom. The molecule has 5 nitrogen and oxygen atoms in total. The van der Waals surface area contributed by atoms with Crippen LogP contribution in [0.15, 0.2) is 0 Å². The van der Waals surface area contributed by atoms with Crippen LogP contribution in [0.4, 0.5) is 0 Å². The minimum Gasteiger partial charge on any atom is -0.462 e. The van der Waals surface area contributed by atoms with Crippen molar-refractivity contribution in [2.75, 3.05) is 13.4 Å². The second kappa shape index (κ2) is 10.0. The van der Waals surface area contributed by atoms with Gasteiger partial charge in [-0.15, -0.1) is 0 Å². The molecule has 5 atom stereocenters. The Kier molecular flexibility index (Phi) is 7.20. The third-order valence-corrected chi connectivity index (χ3v) is 12.2. The second-order valence-corrected chi connectivity index (χ2v) is 17.1. The summed E-state index contributed by atoms with van der Waals surface area (Å²) in [5, 5.41) is 0. The summed E-state index contributed by atoms with van der Waals surface area (Å²) >= 11 is 0. The predicted octanol–water partition coefficient (Wildman–Crippen LogP) is 7.70. The van der Waals surface area contributed by atoms with E-state index in [1.807, 2.05) is 0 Å². The molecule has 0 aromatic carbocycles. The second-order valence-electron chi connectivity index (χ2n) is 17.1. The molecule has 4 bridgehead atoms. The van der Waals surface area contributed by atoms with Gasteiger partial charge in [0.1, 0.15) is 6.10 Å². The van der Waals surface area contributed by atoms with Crippen LogP contribution in [-0.2, 0) is 23.8 Å². The third kappa shape index (κ3) is 5.69. The van der Waals surface area contributed by atoms with Crippen molar-refractivity contribution < 1.29 is 23.8 Å². The highest BCUT2D eigenvalue weighted by Crippen LogP contribution is 2.68. The molecular weight excluding hydrogens is 488 g/mol. The highest BCUT2D eigenvalue weighted by molar-refractivity contribution is 5.82. The van der Waals surface area contributed by atoms with E-state index >= 15 is 0 Å². The number of hydrogen-bond acceptors (Lipinski definition) is 5. The molecule has 0 heterocycles. The van der Waals surface area contributed by atoms with E-state index in [0.717, 1.165) is 75.7 Å². The molecule has 39 heavy (non-hydrogen) atoms. The zero-order valence-electron chi connectivity index (χ0n) is 25.4. The first-order valence-corrected chi connectivity index (χ1v) is 16.3. The zero-order chi connectivity index (χ0) is 27.6. The lowest BCUT2D eigenvalue weighted by Gasteiger charge is -2.56. The number of esters is 2. The summed E-state index contributed by atoms with van der Waals surface area (Å²) in [5.74, 6) is 3.73. The van der Waals surface area contributed by atoms with Crippen molar-refractivity contribution in [1.29, 1.82) is 0 Å². The van der Waals surface area contributed by atoms with E-state index in [9.17, 15) is 9.59 Å².